The van der Waals surface area contributed by atoms with E-state index in [0.717, 1.165) is 14.7 Å². The Hall–Kier alpha value is -1.89. The van der Waals surface area contributed by atoms with Gasteiger partial charge in [-0.3, -0.25) is 4.79 Å². The van der Waals surface area contributed by atoms with Crippen LogP contribution in [0.4, 0.5) is 0 Å². The van der Waals surface area contributed by atoms with E-state index in [1.165, 1.54) is 0 Å². The topological polar surface area (TPSA) is 55.4 Å². The Balaban J connectivity index is 1.82. The number of hydrogen-bond donors (Lipinski definition) is 1. The van der Waals surface area contributed by atoms with Crippen LogP contribution in [0.5, 0.6) is 0 Å². The van der Waals surface area contributed by atoms with E-state index < -0.39 is 5.97 Å². The van der Waals surface area contributed by atoms with E-state index in [0.29, 0.717) is 12.1 Å². The van der Waals surface area contributed by atoms with Crippen LogP contribution in [0.25, 0.3) is 0 Å². The number of amides is 1. The number of hydrogen-bond acceptors (Lipinski definition) is 3. The van der Waals surface area contributed by atoms with Crippen LogP contribution in [-0.4, -0.2) is 18.5 Å². The van der Waals surface area contributed by atoms with Crippen LogP contribution in [0.15, 0.2) is 48.5 Å². The van der Waals surface area contributed by atoms with Crippen molar-refractivity contribution in [3.8, 4) is 0 Å². The highest BCUT2D eigenvalue weighted by Gasteiger charge is 2.12. The maximum atomic E-state index is 11.9. The summed E-state index contributed by atoms with van der Waals surface area (Å²) in [5.41, 5.74) is 2.62. The van der Waals surface area contributed by atoms with Crippen LogP contribution in [0.2, 0.25) is 0 Å². The lowest BCUT2D eigenvalue weighted by Crippen LogP contribution is -2.28. The summed E-state index contributed by atoms with van der Waals surface area (Å²) in [5, 5.41) is 2.74. The fourth-order valence-electron chi connectivity index (χ4n) is 1.89. The van der Waals surface area contributed by atoms with Gasteiger partial charge in [-0.25, -0.2) is 4.79 Å². The summed E-state index contributed by atoms with van der Waals surface area (Å²) in [6, 6.07) is 14.9. The number of carbonyl (C=O) groups is 2. The number of carbonyl (C=O) groups excluding carboxylic acids is 2. The van der Waals surface area contributed by atoms with Gasteiger partial charge in [0.05, 0.1) is 5.56 Å². The lowest BCUT2D eigenvalue weighted by molar-refractivity contribution is -0.124. The average molecular weight is 409 g/mol. The molecule has 0 aliphatic heterocycles. The monoisotopic (exact) mass is 409 g/mol. The van der Waals surface area contributed by atoms with E-state index in [2.05, 4.69) is 27.9 Å². The second kappa shape index (κ2) is 7.93. The van der Waals surface area contributed by atoms with E-state index in [4.69, 9.17) is 4.74 Å². The normalized spacial score (nSPS) is 10.1. The molecule has 22 heavy (non-hydrogen) atoms. The SMILES string of the molecule is Cc1ccccc1CNC(=O)COC(=O)c1ccccc1I. The zero-order valence-corrected chi connectivity index (χ0v) is 14.3. The van der Waals surface area contributed by atoms with E-state index in [1.807, 2.05) is 43.3 Å². The minimum Gasteiger partial charge on any atom is -0.452 e. The first kappa shape index (κ1) is 16.5. The van der Waals surface area contributed by atoms with E-state index in [1.54, 1.807) is 12.1 Å². The van der Waals surface area contributed by atoms with Crippen molar-refractivity contribution >= 4 is 34.5 Å². The quantitative estimate of drug-likeness (QED) is 0.610. The second-order valence-corrected chi connectivity index (χ2v) is 5.92. The molecule has 1 N–H and O–H groups in total. The van der Waals surface area contributed by atoms with Crippen LogP contribution in [0.1, 0.15) is 21.5 Å². The first-order valence-corrected chi connectivity index (χ1v) is 7.88. The molecular weight excluding hydrogens is 393 g/mol. The number of benzene rings is 2. The second-order valence-electron chi connectivity index (χ2n) is 4.76. The lowest BCUT2D eigenvalue weighted by Gasteiger charge is -2.09. The third kappa shape index (κ3) is 4.56. The van der Waals surface area contributed by atoms with E-state index in [9.17, 15) is 9.59 Å². The molecule has 2 rings (SSSR count). The smallest absolute Gasteiger partial charge is 0.339 e. The molecule has 0 aliphatic rings. The van der Waals surface area contributed by atoms with Gasteiger partial charge in [0.25, 0.3) is 5.91 Å². The zero-order chi connectivity index (χ0) is 15.9. The summed E-state index contributed by atoms with van der Waals surface area (Å²) < 4.78 is 5.83. The number of esters is 1. The standard InChI is InChI=1S/C17H16INO3/c1-12-6-2-3-7-13(12)10-19-16(20)11-22-17(21)14-8-4-5-9-15(14)18/h2-9H,10-11H2,1H3,(H,19,20). The Bertz CT molecular complexity index is 685. The van der Waals surface area contributed by atoms with Gasteiger partial charge in [0.15, 0.2) is 6.61 Å². The fourth-order valence-corrected chi connectivity index (χ4v) is 2.50. The molecule has 0 spiro atoms. The van der Waals surface area contributed by atoms with Gasteiger partial charge in [-0.15, -0.1) is 0 Å². The first-order valence-electron chi connectivity index (χ1n) is 6.81. The van der Waals surface area contributed by atoms with Crippen molar-refractivity contribution in [2.75, 3.05) is 6.61 Å². The molecule has 2 aromatic carbocycles. The zero-order valence-electron chi connectivity index (χ0n) is 12.1. The Kier molecular flexibility index (Phi) is 5.94. The van der Waals surface area contributed by atoms with Gasteiger partial charge >= 0.3 is 5.97 Å². The molecule has 0 fully saturated rings. The Morgan fingerprint density at radius 3 is 2.50 bits per heavy atom. The molecule has 0 bridgehead atoms. The molecule has 5 heteroatoms. The molecule has 4 nitrogen and oxygen atoms in total. The summed E-state index contributed by atoms with van der Waals surface area (Å²) in [6.45, 7) is 2.13. The van der Waals surface area contributed by atoms with Crippen molar-refractivity contribution in [3.63, 3.8) is 0 Å². The highest BCUT2D eigenvalue weighted by molar-refractivity contribution is 14.1. The molecule has 2 aromatic rings. The van der Waals surface area contributed by atoms with Gasteiger partial charge in [-0.1, -0.05) is 36.4 Å². The molecule has 0 atom stereocenters. The van der Waals surface area contributed by atoms with Crippen LogP contribution < -0.4 is 5.32 Å². The minimum atomic E-state index is -0.490. The van der Waals surface area contributed by atoms with E-state index in [-0.39, 0.29) is 12.5 Å². The first-order chi connectivity index (χ1) is 10.6. The average Bonchev–Trinajstić information content (AvgIpc) is 2.52. The lowest BCUT2D eigenvalue weighted by atomic mass is 10.1. The Labute approximate surface area is 143 Å². The number of halogens is 1. The third-order valence-corrected chi connectivity index (χ3v) is 4.11. The molecule has 0 aromatic heterocycles. The molecule has 0 saturated heterocycles. The Morgan fingerprint density at radius 2 is 1.77 bits per heavy atom. The van der Waals surface area contributed by atoms with Crippen molar-refractivity contribution in [2.45, 2.75) is 13.5 Å². The summed E-state index contributed by atoms with van der Waals surface area (Å²) >= 11 is 2.06. The largest absolute Gasteiger partial charge is 0.452 e. The van der Waals surface area contributed by atoms with Crippen LogP contribution in [0, 0.1) is 10.5 Å². The molecule has 0 unspecified atom stereocenters. The third-order valence-electron chi connectivity index (χ3n) is 3.17. The van der Waals surface area contributed by atoms with Gasteiger partial charge in [0, 0.05) is 10.1 Å². The number of ether oxygens (including phenoxy) is 1. The summed E-state index contributed by atoms with van der Waals surface area (Å²) in [4.78, 5) is 23.6. The van der Waals surface area contributed by atoms with Gasteiger partial charge in [0.1, 0.15) is 0 Å². The van der Waals surface area contributed by atoms with Gasteiger partial charge in [-0.2, -0.15) is 0 Å². The number of aryl methyl sites for hydroxylation is 1. The molecular formula is C17H16INO3. The summed E-state index contributed by atoms with van der Waals surface area (Å²) in [5.74, 6) is -0.807. The molecule has 0 aliphatic carbocycles. The maximum absolute atomic E-state index is 11.9. The molecule has 1 amide bonds. The molecule has 0 saturated carbocycles. The highest BCUT2D eigenvalue weighted by Crippen LogP contribution is 2.12. The maximum Gasteiger partial charge on any atom is 0.339 e. The molecule has 0 heterocycles. The van der Waals surface area contributed by atoms with Crippen LogP contribution in [-0.2, 0) is 16.1 Å². The van der Waals surface area contributed by atoms with Crippen molar-refractivity contribution in [3.05, 3.63) is 68.8 Å². The predicted molar refractivity (Wildman–Crippen MR) is 92.5 cm³/mol. The molecule has 0 radical (unpaired) electrons. The summed E-state index contributed by atoms with van der Waals surface area (Å²) in [6.07, 6.45) is 0. The number of nitrogens with one attached hydrogen (secondary N) is 1. The van der Waals surface area contributed by atoms with Gasteiger partial charge in [0.2, 0.25) is 0 Å². The van der Waals surface area contributed by atoms with Gasteiger partial charge < -0.3 is 10.1 Å². The van der Waals surface area contributed by atoms with Crippen LogP contribution >= 0.6 is 22.6 Å². The van der Waals surface area contributed by atoms with Gasteiger partial charge in [-0.05, 0) is 52.8 Å². The van der Waals surface area contributed by atoms with Crippen LogP contribution in [0.3, 0.4) is 0 Å². The van der Waals surface area contributed by atoms with Crippen molar-refractivity contribution in [2.24, 2.45) is 0 Å². The van der Waals surface area contributed by atoms with Crippen molar-refractivity contribution in [1.82, 2.24) is 5.32 Å². The predicted octanol–water partition coefficient (Wildman–Crippen LogP) is 3.07. The van der Waals surface area contributed by atoms with Crippen molar-refractivity contribution < 1.29 is 14.3 Å². The molecule has 114 valence electrons. The summed E-state index contributed by atoms with van der Waals surface area (Å²) in [7, 11) is 0. The van der Waals surface area contributed by atoms with E-state index >= 15 is 0 Å². The highest BCUT2D eigenvalue weighted by atomic mass is 127. The fraction of sp³-hybridized carbons (Fsp3) is 0.176. The minimum absolute atomic E-state index is 0.282. The Morgan fingerprint density at radius 1 is 1.09 bits per heavy atom. The van der Waals surface area contributed by atoms with Crippen molar-refractivity contribution in [1.29, 1.82) is 0 Å². The number of rotatable bonds is 5.